The SMILES string of the molecule is CC(=O)NC(C(=O)N1C[C@H](O)C[C@H]1C(=O)NCc1ccc(-c2scnc2C)cc1OCCOCCOCCOCCOCCOc1cc(-c2scnc2C)ccc1CNC(=O)[C@@H]1C[C@@H](O)CN1C(=O)C(NC(C)=O)C(C)(C)C)C(C)(C)C. The van der Waals surface area contributed by atoms with Gasteiger partial charge in [0, 0.05) is 64.0 Å². The fourth-order valence-electron chi connectivity index (χ4n) is 9.54. The summed E-state index contributed by atoms with van der Waals surface area (Å²) in [5, 5.41) is 32.5. The highest BCUT2D eigenvalue weighted by Crippen LogP contribution is 2.35. The van der Waals surface area contributed by atoms with E-state index < -0.39 is 70.8 Å². The lowest BCUT2D eigenvalue weighted by Crippen LogP contribution is -2.57. The number of β-amino-alcohol motifs (C(OH)–C–C–N with tert-alkyl or cyclic N) is 2. The fraction of sp³-hybridized carbons (Fsp3) is 0.586. The summed E-state index contributed by atoms with van der Waals surface area (Å²) in [6.45, 7) is 20.6. The van der Waals surface area contributed by atoms with E-state index in [9.17, 15) is 39.0 Å². The molecular formula is C58H82N8O14S2. The maximum Gasteiger partial charge on any atom is 0.246 e. The zero-order valence-corrected chi connectivity index (χ0v) is 50.4. The number of hydrogen-bond donors (Lipinski definition) is 6. The number of aryl methyl sites for hydroxylation is 2. The Morgan fingerprint density at radius 2 is 0.915 bits per heavy atom. The molecule has 6 N–H and O–H groups in total. The van der Waals surface area contributed by atoms with E-state index in [-0.39, 0.29) is 77.3 Å². The van der Waals surface area contributed by atoms with Crippen molar-refractivity contribution >= 4 is 58.1 Å². The second-order valence-corrected chi connectivity index (χ2v) is 24.3. The molecule has 4 aromatic rings. The first-order chi connectivity index (χ1) is 38.9. The van der Waals surface area contributed by atoms with Gasteiger partial charge in [0.15, 0.2) is 0 Å². The minimum Gasteiger partial charge on any atom is -0.491 e. The highest BCUT2D eigenvalue weighted by atomic mass is 32.1. The minimum absolute atomic E-state index is 0.0249. The maximum atomic E-state index is 13.7. The molecule has 2 aromatic heterocycles. The molecule has 0 radical (unpaired) electrons. The van der Waals surface area contributed by atoms with E-state index in [0.29, 0.717) is 62.3 Å². The molecule has 82 heavy (non-hydrogen) atoms. The first kappa shape index (κ1) is 65.0. The smallest absolute Gasteiger partial charge is 0.246 e. The van der Waals surface area contributed by atoms with Crippen LogP contribution in [-0.4, -0.2) is 181 Å². The average molecular weight is 1180 g/mol. The van der Waals surface area contributed by atoms with E-state index in [1.54, 1.807) is 11.0 Å². The van der Waals surface area contributed by atoms with Crippen molar-refractivity contribution in [1.82, 2.24) is 41.0 Å². The van der Waals surface area contributed by atoms with Crippen LogP contribution in [0.3, 0.4) is 0 Å². The molecule has 22 nitrogen and oxygen atoms in total. The average Bonchev–Trinajstić information content (AvgIpc) is 4.28. The van der Waals surface area contributed by atoms with E-state index in [1.807, 2.05) is 91.8 Å². The lowest BCUT2D eigenvalue weighted by atomic mass is 9.85. The van der Waals surface area contributed by atoms with E-state index in [0.717, 1.165) is 32.3 Å². The molecule has 0 saturated carbocycles. The van der Waals surface area contributed by atoms with Gasteiger partial charge >= 0.3 is 0 Å². The maximum absolute atomic E-state index is 13.7. The third kappa shape index (κ3) is 18.7. The molecule has 0 aliphatic carbocycles. The molecule has 2 fully saturated rings. The van der Waals surface area contributed by atoms with Crippen LogP contribution >= 0.6 is 22.7 Å². The number of ether oxygens (including phenoxy) is 6. The zero-order chi connectivity index (χ0) is 59.7. The highest BCUT2D eigenvalue weighted by molar-refractivity contribution is 7.13. The molecule has 450 valence electrons. The van der Waals surface area contributed by atoms with Crippen LogP contribution in [0.5, 0.6) is 11.5 Å². The first-order valence-corrected chi connectivity index (χ1v) is 29.4. The summed E-state index contributed by atoms with van der Waals surface area (Å²) in [5.41, 5.74) is 7.25. The fourth-order valence-corrected chi connectivity index (χ4v) is 11.1. The van der Waals surface area contributed by atoms with Gasteiger partial charge in [0.2, 0.25) is 35.4 Å². The third-order valence-electron chi connectivity index (χ3n) is 13.8. The summed E-state index contributed by atoms with van der Waals surface area (Å²) >= 11 is 3.02. The largest absolute Gasteiger partial charge is 0.491 e. The molecule has 6 atom stereocenters. The number of amides is 6. The van der Waals surface area contributed by atoms with Crippen LogP contribution in [-0.2, 0) is 60.8 Å². The normalized spacial score (nSPS) is 18.0. The number of aliphatic hydroxyl groups excluding tert-OH is 2. The Morgan fingerprint density at radius 3 is 1.22 bits per heavy atom. The molecule has 2 aliphatic rings. The second kappa shape index (κ2) is 30.4. The number of benzene rings is 2. The summed E-state index contributed by atoms with van der Waals surface area (Å²) in [7, 11) is 0. The topological polar surface area (TPSA) is 279 Å². The van der Waals surface area contributed by atoms with Gasteiger partial charge in [0.1, 0.15) is 48.9 Å². The van der Waals surface area contributed by atoms with Crippen LogP contribution in [0, 0.1) is 24.7 Å². The van der Waals surface area contributed by atoms with E-state index in [2.05, 4.69) is 31.2 Å². The van der Waals surface area contributed by atoms with Gasteiger partial charge in [0.05, 0.1) is 97.2 Å². The number of aliphatic hydroxyl groups is 2. The van der Waals surface area contributed by atoms with Gasteiger partial charge in [-0.05, 0) is 47.9 Å². The Kier molecular flexibility index (Phi) is 24.1. The molecule has 24 heteroatoms. The molecule has 4 heterocycles. The zero-order valence-electron chi connectivity index (χ0n) is 48.8. The van der Waals surface area contributed by atoms with Gasteiger partial charge in [-0.2, -0.15) is 0 Å². The second-order valence-electron chi connectivity index (χ2n) is 22.6. The first-order valence-electron chi connectivity index (χ1n) is 27.6. The summed E-state index contributed by atoms with van der Waals surface area (Å²) in [6, 6.07) is 7.82. The van der Waals surface area contributed by atoms with Crippen LogP contribution in [0.25, 0.3) is 20.9 Å². The molecule has 0 bridgehead atoms. The number of nitrogens with zero attached hydrogens (tertiary/aromatic N) is 4. The van der Waals surface area contributed by atoms with Crippen molar-refractivity contribution in [2.75, 3.05) is 79.2 Å². The number of hydrogen-bond acceptors (Lipinski definition) is 18. The van der Waals surface area contributed by atoms with Crippen LogP contribution in [0.2, 0.25) is 0 Å². The quantitative estimate of drug-likeness (QED) is 0.0413. The number of nitrogens with one attached hydrogen (secondary N) is 4. The Hall–Kier alpha value is -6.12. The van der Waals surface area contributed by atoms with Crippen molar-refractivity contribution in [1.29, 1.82) is 0 Å². The van der Waals surface area contributed by atoms with Crippen LogP contribution in [0.4, 0.5) is 0 Å². The highest BCUT2D eigenvalue weighted by Gasteiger charge is 2.46. The number of likely N-dealkylation sites (tertiary alicyclic amines) is 2. The molecule has 2 unspecified atom stereocenters. The van der Waals surface area contributed by atoms with Crippen molar-refractivity contribution < 1.29 is 67.4 Å². The Labute approximate surface area is 488 Å². The van der Waals surface area contributed by atoms with E-state index in [4.69, 9.17) is 28.4 Å². The summed E-state index contributed by atoms with van der Waals surface area (Å²) < 4.78 is 35.4. The van der Waals surface area contributed by atoms with Gasteiger partial charge in [-0.25, -0.2) is 9.97 Å². The van der Waals surface area contributed by atoms with Crippen molar-refractivity contribution in [2.45, 2.75) is 132 Å². The van der Waals surface area contributed by atoms with Gasteiger partial charge < -0.3 is 69.7 Å². The minimum atomic E-state index is -0.927. The third-order valence-corrected chi connectivity index (χ3v) is 15.7. The number of carbonyl (C=O) groups excluding carboxylic acids is 6. The predicted octanol–water partition coefficient (Wildman–Crippen LogP) is 4.33. The van der Waals surface area contributed by atoms with Gasteiger partial charge in [0.25, 0.3) is 0 Å². The number of carbonyl (C=O) groups is 6. The molecule has 0 spiro atoms. The number of rotatable bonds is 29. The molecule has 2 aliphatic heterocycles. The summed E-state index contributed by atoms with van der Waals surface area (Å²) in [6.07, 6.45) is -1.65. The predicted molar refractivity (Wildman–Crippen MR) is 309 cm³/mol. The van der Waals surface area contributed by atoms with Crippen LogP contribution in [0.15, 0.2) is 47.4 Å². The Bertz CT molecular complexity index is 2610. The van der Waals surface area contributed by atoms with Gasteiger partial charge in [-0.15, -0.1) is 22.7 Å². The molecule has 2 saturated heterocycles. The number of aromatic nitrogens is 2. The molecular weight excluding hydrogens is 1100 g/mol. The summed E-state index contributed by atoms with van der Waals surface area (Å²) in [4.78, 5) is 92.3. The van der Waals surface area contributed by atoms with Crippen molar-refractivity contribution in [3.8, 4) is 32.4 Å². The van der Waals surface area contributed by atoms with Crippen molar-refractivity contribution in [2.24, 2.45) is 10.8 Å². The van der Waals surface area contributed by atoms with E-state index in [1.165, 1.54) is 46.3 Å². The molecule has 6 rings (SSSR count). The molecule has 2 aromatic carbocycles. The van der Waals surface area contributed by atoms with E-state index >= 15 is 0 Å². The van der Waals surface area contributed by atoms with Gasteiger partial charge in [-0.1, -0.05) is 65.8 Å². The van der Waals surface area contributed by atoms with Crippen molar-refractivity contribution in [3.05, 3.63) is 69.9 Å². The van der Waals surface area contributed by atoms with Crippen molar-refractivity contribution in [3.63, 3.8) is 0 Å². The Balaban J connectivity index is 0.892. The van der Waals surface area contributed by atoms with Gasteiger partial charge in [-0.3, -0.25) is 28.8 Å². The van der Waals surface area contributed by atoms with Crippen LogP contribution < -0.4 is 30.7 Å². The summed E-state index contributed by atoms with van der Waals surface area (Å²) in [5.74, 6) is -1.37. The standard InChI is InChI=1S/C58H82N8O14S2/c1-35-49(81-33-61-35)39-11-13-41(29-59-53(71)45-27-43(69)31-65(45)55(73)51(57(5,6)7)63-37(3)67)47(25-39)79-23-21-77-19-17-75-15-16-76-18-20-78-22-24-80-48-26-40(50-36(2)62-34-82-50)12-14-42(48)30-60-54(72)46-28-44(70)32-66(46)56(74)52(58(8,9)10)64-38(4)68/h11-14,25-26,33-34,43-46,51-52,69-70H,15-24,27-32H2,1-10H3,(H,59,71)(H,60,72)(H,63,67)(H,64,68)/t43-,44-,45+,46+,51?,52?/m1/s1. The molecule has 6 amide bonds. The lowest BCUT2D eigenvalue weighted by Gasteiger charge is -2.35. The number of thiazole rings is 2. The van der Waals surface area contributed by atoms with Crippen LogP contribution in [0.1, 0.15) is 90.7 Å². The Morgan fingerprint density at radius 1 is 0.573 bits per heavy atom. The monoisotopic (exact) mass is 1180 g/mol. The lowest BCUT2D eigenvalue weighted by molar-refractivity contribution is -0.143.